The van der Waals surface area contributed by atoms with Crippen molar-refractivity contribution >= 4 is 33.3 Å². The van der Waals surface area contributed by atoms with Gasteiger partial charge in [-0.1, -0.05) is 0 Å². The Labute approximate surface area is 187 Å². The summed E-state index contributed by atoms with van der Waals surface area (Å²) in [6, 6.07) is 1.07. The van der Waals surface area contributed by atoms with Crippen molar-refractivity contribution in [3.63, 3.8) is 0 Å². The quantitative estimate of drug-likeness (QED) is 0.560. The summed E-state index contributed by atoms with van der Waals surface area (Å²) in [6.07, 6.45) is -13.0. The molecular formula is C18H20F6N4O4S. The summed E-state index contributed by atoms with van der Waals surface area (Å²) >= 11 is 0.789. The van der Waals surface area contributed by atoms with Gasteiger partial charge >= 0.3 is 18.4 Å². The number of halogens is 6. The van der Waals surface area contributed by atoms with Crippen LogP contribution in [0.4, 0.5) is 32.2 Å². The molecule has 0 bridgehead atoms. The van der Waals surface area contributed by atoms with Gasteiger partial charge in [-0.05, 0) is 6.07 Å². The first-order chi connectivity index (χ1) is 15.3. The second-order valence-corrected chi connectivity index (χ2v) is 8.48. The first-order valence-corrected chi connectivity index (χ1v) is 10.5. The number of hydrogen-bond donors (Lipinski definition) is 2. The largest absolute Gasteiger partial charge is 0.461 e. The number of carbonyl (C=O) groups excluding carboxylic acids is 1. The monoisotopic (exact) mass is 502 g/mol. The molecule has 1 fully saturated rings. The van der Waals surface area contributed by atoms with E-state index in [1.54, 1.807) is 4.90 Å². The summed E-state index contributed by atoms with van der Waals surface area (Å²) in [5, 5.41) is 18.7. The Morgan fingerprint density at radius 1 is 1.12 bits per heavy atom. The van der Waals surface area contributed by atoms with Gasteiger partial charge in [0.05, 0.1) is 18.4 Å². The van der Waals surface area contributed by atoms with E-state index in [2.05, 4.69) is 9.97 Å². The SMILES string of the molecule is O=C(CC(F)(F)F)N1CCN(c2nc(OC[C@H](O)CO)nc3sc(CC(F)(F)F)cc23)CC1. The maximum Gasteiger partial charge on any atom is 0.397 e. The van der Waals surface area contributed by atoms with Gasteiger partial charge < -0.3 is 24.7 Å². The van der Waals surface area contributed by atoms with Crippen LogP contribution in [-0.2, 0) is 11.2 Å². The number of thiophene rings is 1. The predicted molar refractivity (Wildman–Crippen MR) is 105 cm³/mol. The zero-order valence-corrected chi connectivity index (χ0v) is 17.8. The van der Waals surface area contributed by atoms with Crippen molar-refractivity contribution in [3.8, 4) is 6.01 Å². The minimum atomic E-state index is -4.62. The number of anilines is 1. The number of alkyl halides is 6. The van der Waals surface area contributed by atoms with Crippen molar-refractivity contribution < 1.29 is 46.1 Å². The lowest BCUT2D eigenvalue weighted by atomic mass is 10.2. The van der Waals surface area contributed by atoms with Crippen molar-refractivity contribution in [2.75, 3.05) is 44.3 Å². The summed E-state index contributed by atoms with van der Waals surface area (Å²) in [4.78, 5) is 23.0. The van der Waals surface area contributed by atoms with Crippen molar-refractivity contribution in [1.82, 2.24) is 14.9 Å². The molecule has 1 aliphatic heterocycles. The van der Waals surface area contributed by atoms with Gasteiger partial charge in [0, 0.05) is 31.1 Å². The summed E-state index contributed by atoms with van der Waals surface area (Å²) < 4.78 is 81.3. The van der Waals surface area contributed by atoms with Crippen LogP contribution in [0, 0.1) is 0 Å². The molecule has 1 aliphatic rings. The third-order valence-electron chi connectivity index (χ3n) is 4.68. The van der Waals surface area contributed by atoms with E-state index < -0.39 is 43.8 Å². The number of fused-ring (bicyclic) bond motifs is 1. The number of piperazine rings is 1. The first-order valence-electron chi connectivity index (χ1n) is 9.73. The molecule has 8 nitrogen and oxygen atoms in total. The average Bonchev–Trinajstić information content (AvgIpc) is 3.10. The molecule has 0 unspecified atom stereocenters. The van der Waals surface area contributed by atoms with Gasteiger partial charge in [0.1, 0.15) is 29.8 Å². The lowest BCUT2D eigenvalue weighted by Gasteiger charge is -2.35. The number of rotatable bonds is 7. The van der Waals surface area contributed by atoms with E-state index in [4.69, 9.17) is 9.84 Å². The minimum absolute atomic E-state index is 0.0143. The van der Waals surface area contributed by atoms with Gasteiger partial charge in [0.25, 0.3) is 0 Å². The second-order valence-electron chi connectivity index (χ2n) is 7.36. The Morgan fingerprint density at radius 2 is 1.79 bits per heavy atom. The van der Waals surface area contributed by atoms with E-state index in [9.17, 15) is 36.2 Å². The molecule has 2 N–H and O–H groups in total. The van der Waals surface area contributed by atoms with Crippen molar-refractivity contribution in [2.24, 2.45) is 0 Å². The molecule has 0 saturated carbocycles. The highest BCUT2D eigenvalue weighted by atomic mass is 32.1. The molecule has 15 heteroatoms. The topological polar surface area (TPSA) is 99.0 Å². The van der Waals surface area contributed by atoms with Crippen molar-refractivity contribution in [2.45, 2.75) is 31.3 Å². The first kappa shape index (κ1) is 25.2. The van der Waals surface area contributed by atoms with Crippen LogP contribution in [-0.4, -0.2) is 88.8 Å². The van der Waals surface area contributed by atoms with Crippen LogP contribution >= 0.6 is 11.3 Å². The van der Waals surface area contributed by atoms with E-state index in [0.717, 1.165) is 16.2 Å². The van der Waals surface area contributed by atoms with Crippen LogP contribution in [0.5, 0.6) is 6.01 Å². The summed E-state index contributed by atoms with van der Waals surface area (Å²) in [6.45, 7) is -0.809. The molecule has 0 spiro atoms. The maximum absolute atomic E-state index is 12.9. The van der Waals surface area contributed by atoms with Crippen LogP contribution in [0.25, 0.3) is 10.2 Å². The summed E-state index contributed by atoms with van der Waals surface area (Å²) in [5.41, 5.74) is 0. The van der Waals surface area contributed by atoms with Crippen LogP contribution in [0.15, 0.2) is 6.07 Å². The zero-order valence-electron chi connectivity index (χ0n) is 17.0. The highest BCUT2D eigenvalue weighted by molar-refractivity contribution is 7.18. The number of hydrogen-bond acceptors (Lipinski definition) is 8. The molecule has 0 aliphatic carbocycles. The standard InChI is InChI=1S/C18H20F6N4O4S/c19-17(20,21)6-11-5-12-14(25-16(26-15(12)33-11)32-9-10(30)8-29)28-3-1-27(2-4-28)13(31)7-18(22,23)24/h5,10,29-30H,1-4,6-9H2/t10-/m1/s1. The third-order valence-corrected chi connectivity index (χ3v) is 5.71. The number of nitrogens with zero attached hydrogens (tertiary/aromatic N) is 4. The molecule has 2 aromatic heterocycles. The fraction of sp³-hybridized carbons (Fsp3) is 0.611. The van der Waals surface area contributed by atoms with Crippen molar-refractivity contribution in [1.29, 1.82) is 0 Å². The number of aromatic nitrogens is 2. The average molecular weight is 502 g/mol. The molecule has 2 aromatic rings. The highest BCUT2D eigenvalue weighted by Gasteiger charge is 2.35. The van der Waals surface area contributed by atoms with E-state index in [-0.39, 0.29) is 54.3 Å². The molecule has 0 radical (unpaired) electrons. The molecular weight excluding hydrogens is 482 g/mol. The maximum atomic E-state index is 12.9. The number of carbonyl (C=O) groups is 1. The molecule has 184 valence electrons. The molecule has 1 atom stereocenters. The van der Waals surface area contributed by atoms with E-state index in [0.29, 0.717) is 5.39 Å². The molecule has 1 saturated heterocycles. The smallest absolute Gasteiger partial charge is 0.397 e. The van der Waals surface area contributed by atoms with E-state index in [1.807, 2.05) is 0 Å². The van der Waals surface area contributed by atoms with Gasteiger partial charge in [0.15, 0.2) is 0 Å². The van der Waals surface area contributed by atoms with Crippen LogP contribution in [0.1, 0.15) is 11.3 Å². The highest BCUT2D eigenvalue weighted by Crippen LogP contribution is 2.36. The van der Waals surface area contributed by atoms with Crippen LogP contribution < -0.4 is 9.64 Å². The lowest BCUT2D eigenvalue weighted by Crippen LogP contribution is -2.49. The fourth-order valence-electron chi connectivity index (χ4n) is 3.20. The Bertz CT molecular complexity index is 975. The fourth-order valence-corrected chi connectivity index (χ4v) is 4.25. The van der Waals surface area contributed by atoms with E-state index >= 15 is 0 Å². The summed E-state index contributed by atoms with van der Waals surface area (Å²) in [5.74, 6) is -0.846. The molecule has 0 aromatic carbocycles. The van der Waals surface area contributed by atoms with Gasteiger partial charge in [-0.15, -0.1) is 11.3 Å². The van der Waals surface area contributed by atoms with Gasteiger partial charge in [0.2, 0.25) is 5.91 Å². The minimum Gasteiger partial charge on any atom is -0.461 e. The number of aliphatic hydroxyl groups is 2. The summed E-state index contributed by atoms with van der Waals surface area (Å²) in [7, 11) is 0. The lowest BCUT2D eigenvalue weighted by molar-refractivity contribution is -0.161. The Balaban J connectivity index is 1.84. The van der Waals surface area contributed by atoms with Gasteiger partial charge in [-0.25, -0.2) is 0 Å². The number of ether oxygens (including phenoxy) is 1. The van der Waals surface area contributed by atoms with Crippen LogP contribution in [0.3, 0.4) is 0 Å². The van der Waals surface area contributed by atoms with Crippen LogP contribution in [0.2, 0.25) is 0 Å². The molecule has 3 rings (SSSR count). The van der Waals surface area contributed by atoms with Gasteiger partial charge in [-0.3, -0.25) is 4.79 Å². The molecule has 1 amide bonds. The molecule has 3 heterocycles. The number of amides is 1. The van der Waals surface area contributed by atoms with Crippen molar-refractivity contribution in [3.05, 3.63) is 10.9 Å². The van der Waals surface area contributed by atoms with Gasteiger partial charge in [-0.2, -0.15) is 36.3 Å². The predicted octanol–water partition coefficient (Wildman–Crippen LogP) is 2.13. The Morgan fingerprint density at radius 3 is 2.36 bits per heavy atom. The molecule has 33 heavy (non-hydrogen) atoms. The Hall–Kier alpha value is -2.39. The zero-order chi connectivity index (χ0) is 24.4. The normalized spacial score (nSPS) is 16.4. The Kier molecular flexibility index (Phi) is 7.53. The van der Waals surface area contributed by atoms with E-state index in [1.165, 1.54) is 6.07 Å². The number of aliphatic hydroxyl groups excluding tert-OH is 2. The third kappa shape index (κ3) is 7.04. The second kappa shape index (κ2) is 9.85.